The lowest BCUT2D eigenvalue weighted by molar-refractivity contribution is -0.380. The zero-order valence-electron chi connectivity index (χ0n) is 36.1. The SMILES string of the molecule is CCCCCCCCC(c1ccccc1)C(OC)(OC)OC.CCCCCCCCCCCCCCC(CCCCCCCC)C(OC)(OC)OC. The molecule has 2 unspecified atom stereocenters. The van der Waals surface area contributed by atoms with Gasteiger partial charge in [0.2, 0.25) is 0 Å². The van der Waals surface area contributed by atoms with Crippen LogP contribution in [0.25, 0.3) is 0 Å². The van der Waals surface area contributed by atoms with Gasteiger partial charge in [0.15, 0.2) is 0 Å². The molecule has 0 bridgehead atoms. The molecule has 0 saturated carbocycles. The molecule has 1 aromatic rings. The van der Waals surface area contributed by atoms with E-state index in [4.69, 9.17) is 28.4 Å². The van der Waals surface area contributed by atoms with Gasteiger partial charge in [0.05, 0.1) is 5.92 Å². The third-order valence-electron chi connectivity index (χ3n) is 11.0. The smallest absolute Gasteiger partial charge is 0.289 e. The maximum Gasteiger partial charge on any atom is 0.289 e. The first-order valence-corrected chi connectivity index (χ1v) is 21.8. The highest BCUT2D eigenvalue weighted by Gasteiger charge is 2.41. The van der Waals surface area contributed by atoms with Crippen LogP contribution >= 0.6 is 0 Å². The third kappa shape index (κ3) is 22.4. The Morgan fingerprint density at radius 1 is 0.365 bits per heavy atom. The van der Waals surface area contributed by atoms with Gasteiger partial charge in [-0.25, -0.2) is 0 Å². The van der Waals surface area contributed by atoms with Gasteiger partial charge >= 0.3 is 0 Å². The van der Waals surface area contributed by atoms with Gasteiger partial charge < -0.3 is 28.4 Å². The molecule has 0 heterocycles. The first-order chi connectivity index (χ1) is 25.4. The first kappa shape index (κ1) is 51.0. The molecular formula is C46H88O6. The molecule has 0 aliphatic heterocycles. The molecule has 2 atom stereocenters. The fraction of sp³-hybridized carbons (Fsp3) is 0.870. The van der Waals surface area contributed by atoms with Crippen molar-refractivity contribution in [3.8, 4) is 0 Å². The Kier molecular flexibility index (Phi) is 35.0. The summed E-state index contributed by atoms with van der Waals surface area (Å²) in [6, 6.07) is 10.4. The highest BCUT2D eigenvalue weighted by atomic mass is 16.9. The first-order valence-electron chi connectivity index (χ1n) is 21.8. The van der Waals surface area contributed by atoms with E-state index in [-0.39, 0.29) is 5.92 Å². The second-order valence-electron chi connectivity index (χ2n) is 14.9. The summed E-state index contributed by atoms with van der Waals surface area (Å²) < 4.78 is 33.9. The van der Waals surface area contributed by atoms with E-state index in [1.54, 1.807) is 42.7 Å². The quantitative estimate of drug-likeness (QED) is 0.0505. The van der Waals surface area contributed by atoms with E-state index < -0.39 is 11.9 Å². The van der Waals surface area contributed by atoms with Crippen molar-refractivity contribution in [1.82, 2.24) is 0 Å². The molecule has 0 spiro atoms. The van der Waals surface area contributed by atoms with Crippen LogP contribution in [0, 0.1) is 5.92 Å². The van der Waals surface area contributed by atoms with Crippen molar-refractivity contribution in [2.75, 3.05) is 42.7 Å². The summed E-state index contributed by atoms with van der Waals surface area (Å²) in [5.41, 5.74) is 1.20. The Morgan fingerprint density at radius 2 is 0.654 bits per heavy atom. The normalized spacial score (nSPS) is 13.2. The molecule has 52 heavy (non-hydrogen) atoms. The number of ether oxygens (including phenoxy) is 6. The van der Waals surface area contributed by atoms with Crippen molar-refractivity contribution < 1.29 is 28.4 Å². The van der Waals surface area contributed by atoms with Crippen LogP contribution in [-0.2, 0) is 28.4 Å². The highest BCUT2D eigenvalue weighted by Crippen LogP contribution is 2.37. The lowest BCUT2D eigenvalue weighted by Crippen LogP contribution is -2.44. The Labute approximate surface area is 324 Å². The second-order valence-corrected chi connectivity index (χ2v) is 14.9. The number of hydrogen-bond acceptors (Lipinski definition) is 6. The van der Waals surface area contributed by atoms with Crippen LogP contribution in [0.4, 0.5) is 0 Å². The average Bonchev–Trinajstić information content (AvgIpc) is 3.19. The predicted molar refractivity (Wildman–Crippen MR) is 222 cm³/mol. The monoisotopic (exact) mass is 737 g/mol. The van der Waals surface area contributed by atoms with Gasteiger partial charge in [0.1, 0.15) is 0 Å². The van der Waals surface area contributed by atoms with Gasteiger partial charge in [-0.15, -0.1) is 0 Å². The van der Waals surface area contributed by atoms with E-state index in [2.05, 4.69) is 45.0 Å². The molecule has 0 saturated heterocycles. The Balaban J connectivity index is 0.00000105. The van der Waals surface area contributed by atoms with E-state index in [1.165, 1.54) is 153 Å². The summed E-state index contributed by atoms with van der Waals surface area (Å²) >= 11 is 0. The van der Waals surface area contributed by atoms with E-state index in [9.17, 15) is 0 Å². The maximum absolute atomic E-state index is 5.71. The van der Waals surface area contributed by atoms with Gasteiger partial charge in [-0.05, 0) is 24.8 Å². The van der Waals surface area contributed by atoms with Crippen LogP contribution in [0.15, 0.2) is 30.3 Å². The zero-order valence-corrected chi connectivity index (χ0v) is 36.1. The van der Waals surface area contributed by atoms with Crippen LogP contribution in [-0.4, -0.2) is 54.6 Å². The number of methoxy groups -OCH3 is 6. The molecule has 0 N–H and O–H groups in total. The van der Waals surface area contributed by atoms with Gasteiger partial charge in [0, 0.05) is 48.6 Å². The number of rotatable bonds is 36. The summed E-state index contributed by atoms with van der Waals surface area (Å²) in [6.07, 6.45) is 35.5. The molecule has 0 aliphatic rings. The molecule has 0 aromatic heterocycles. The van der Waals surface area contributed by atoms with Crippen LogP contribution < -0.4 is 0 Å². The van der Waals surface area contributed by atoms with Crippen molar-refractivity contribution in [2.45, 2.75) is 212 Å². The topological polar surface area (TPSA) is 55.4 Å². The van der Waals surface area contributed by atoms with Crippen LogP contribution in [0.1, 0.15) is 206 Å². The van der Waals surface area contributed by atoms with Gasteiger partial charge in [0.25, 0.3) is 11.9 Å². The van der Waals surface area contributed by atoms with E-state index in [0.29, 0.717) is 5.92 Å². The van der Waals surface area contributed by atoms with Gasteiger partial charge in [-0.1, -0.05) is 205 Å². The van der Waals surface area contributed by atoms with Crippen molar-refractivity contribution in [2.24, 2.45) is 5.92 Å². The molecule has 0 radical (unpaired) electrons. The molecular weight excluding hydrogens is 649 g/mol. The zero-order chi connectivity index (χ0) is 38.6. The summed E-state index contributed by atoms with van der Waals surface area (Å²) in [6.45, 7) is 6.81. The molecule has 0 fully saturated rings. The van der Waals surface area contributed by atoms with Gasteiger partial charge in [-0.3, -0.25) is 0 Å². The number of hydrogen-bond donors (Lipinski definition) is 0. The number of benzene rings is 1. The van der Waals surface area contributed by atoms with E-state index >= 15 is 0 Å². The predicted octanol–water partition coefficient (Wildman–Crippen LogP) is 14.2. The fourth-order valence-electron chi connectivity index (χ4n) is 7.69. The molecule has 6 heteroatoms. The summed E-state index contributed by atoms with van der Waals surface area (Å²) in [4.78, 5) is 0. The molecule has 308 valence electrons. The van der Waals surface area contributed by atoms with E-state index in [1.807, 2.05) is 6.07 Å². The lowest BCUT2D eigenvalue weighted by Gasteiger charge is -2.36. The summed E-state index contributed by atoms with van der Waals surface area (Å²) in [5, 5.41) is 0. The van der Waals surface area contributed by atoms with Crippen LogP contribution in [0.2, 0.25) is 0 Å². The maximum atomic E-state index is 5.71. The summed E-state index contributed by atoms with van der Waals surface area (Å²) in [5.74, 6) is -1.50. The molecule has 0 amide bonds. The largest absolute Gasteiger partial charge is 0.331 e. The minimum Gasteiger partial charge on any atom is -0.331 e. The number of unbranched alkanes of at least 4 members (excludes halogenated alkanes) is 21. The Hall–Kier alpha value is -1.02. The van der Waals surface area contributed by atoms with Crippen molar-refractivity contribution in [3.05, 3.63) is 35.9 Å². The van der Waals surface area contributed by atoms with Crippen molar-refractivity contribution in [3.63, 3.8) is 0 Å². The lowest BCUT2D eigenvalue weighted by atomic mass is 9.90. The van der Waals surface area contributed by atoms with Crippen molar-refractivity contribution >= 4 is 0 Å². The molecule has 6 nitrogen and oxygen atoms in total. The summed E-state index contributed by atoms with van der Waals surface area (Å²) in [7, 11) is 10.1. The van der Waals surface area contributed by atoms with Gasteiger partial charge in [-0.2, -0.15) is 0 Å². The highest BCUT2D eigenvalue weighted by molar-refractivity contribution is 5.21. The van der Waals surface area contributed by atoms with E-state index in [0.717, 1.165) is 25.7 Å². The third-order valence-corrected chi connectivity index (χ3v) is 11.0. The standard InChI is InChI=1S/C27H56O3.C19H32O3/c1-6-8-10-12-14-15-16-17-18-19-21-23-25-26(27(28-3,29-4)30-5)24-22-20-13-11-9-7-2;1-5-6-7-8-9-13-16-18(17-14-11-10-12-15-17)19(20-2,21-3)22-4/h26H,6-25H2,1-5H3;10-12,14-15,18H,5-9,13,16H2,1-4H3. The van der Waals surface area contributed by atoms with Crippen LogP contribution in [0.5, 0.6) is 0 Å². The Bertz CT molecular complexity index is 824. The average molecular weight is 737 g/mol. The second kappa shape index (κ2) is 35.7. The minimum atomic E-state index is -1.01. The molecule has 1 aromatic carbocycles. The fourth-order valence-corrected chi connectivity index (χ4v) is 7.69. The van der Waals surface area contributed by atoms with Crippen molar-refractivity contribution in [1.29, 1.82) is 0 Å². The minimum absolute atomic E-state index is 0.0693. The molecule has 0 aliphatic carbocycles. The molecule has 1 rings (SSSR count). The Morgan fingerprint density at radius 3 is 0.962 bits per heavy atom. The van der Waals surface area contributed by atoms with Crippen LogP contribution in [0.3, 0.4) is 0 Å².